The van der Waals surface area contributed by atoms with Gasteiger partial charge < -0.3 is 5.32 Å². The fourth-order valence-electron chi connectivity index (χ4n) is 2.23. The first-order valence-corrected chi connectivity index (χ1v) is 7.27. The van der Waals surface area contributed by atoms with Gasteiger partial charge in [0.25, 0.3) is 0 Å². The Balaban J connectivity index is 1.56. The third-order valence-electron chi connectivity index (χ3n) is 3.43. The van der Waals surface area contributed by atoms with Crippen LogP contribution in [0, 0.1) is 5.82 Å². The zero-order valence-corrected chi connectivity index (χ0v) is 12.4. The van der Waals surface area contributed by atoms with E-state index in [4.69, 9.17) is 0 Å². The predicted molar refractivity (Wildman–Crippen MR) is 82.4 cm³/mol. The number of halogens is 1. The molecule has 22 heavy (non-hydrogen) atoms. The molecule has 0 unspecified atom stereocenters. The van der Waals surface area contributed by atoms with Crippen molar-refractivity contribution in [2.75, 3.05) is 0 Å². The summed E-state index contributed by atoms with van der Waals surface area (Å²) in [5.41, 5.74) is 3.85. The van der Waals surface area contributed by atoms with E-state index in [-0.39, 0.29) is 5.82 Å². The van der Waals surface area contributed by atoms with Crippen molar-refractivity contribution in [3.05, 3.63) is 59.8 Å². The fraction of sp³-hybridized carbons (Fsp3) is 0.250. The van der Waals surface area contributed by atoms with Crippen molar-refractivity contribution in [2.45, 2.75) is 26.6 Å². The summed E-state index contributed by atoms with van der Waals surface area (Å²) in [5.74, 6) is -0.242. The lowest BCUT2D eigenvalue weighted by Gasteiger charge is -2.00. The molecule has 0 fully saturated rings. The minimum atomic E-state index is -0.242. The van der Waals surface area contributed by atoms with Crippen LogP contribution < -0.4 is 5.32 Å². The van der Waals surface area contributed by atoms with Crippen LogP contribution in [0.5, 0.6) is 0 Å². The third kappa shape index (κ3) is 3.40. The maximum atomic E-state index is 12.9. The minimum absolute atomic E-state index is 0.242. The van der Waals surface area contributed by atoms with E-state index < -0.39 is 0 Å². The highest BCUT2D eigenvalue weighted by Gasteiger charge is 2.04. The highest BCUT2D eigenvalue weighted by Crippen LogP contribution is 2.17. The van der Waals surface area contributed by atoms with E-state index in [9.17, 15) is 4.39 Å². The molecule has 0 aliphatic rings. The van der Waals surface area contributed by atoms with Crippen molar-refractivity contribution in [2.24, 2.45) is 0 Å². The van der Waals surface area contributed by atoms with Gasteiger partial charge in [-0.15, -0.1) is 0 Å². The largest absolute Gasteiger partial charge is 0.307 e. The Hall–Kier alpha value is -2.47. The Labute approximate surface area is 128 Å². The fourth-order valence-corrected chi connectivity index (χ4v) is 2.23. The van der Waals surface area contributed by atoms with Crippen molar-refractivity contribution in [3.8, 4) is 11.3 Å². The predicted octanol–water partition coefficient (Wildman–Crippen LogP) is 2.72. The number of aryl methyl sites for hydroxylation is 1. The lowest BCUT2D eigenvalue weighted by atomic mass is 10.1. The topological polar surface area (TPSA) is 58.5 Å². The quantitative estimate of drug-likeness (QED) is 0.736. The number of benzene rings is 1. The molecule has 0 amide bonds. The van der Waals surface area contributed by atoms with Crippen molar-refractivity contribution < 1.29 is 4.39 Å². The molecule has 5 nitrogen and oxygen atoms in total. The number of hydrogen-bond acceptors (Lipinski definition) is 3. The number of hydrogen-bond donors (Lipinski definition) is 2. The van der Waals surface area contributed by atoms with E-state index in [1.54, 1.807) is 12.1 Å². The van der Waals surface area contributed by atoms with E-state index in [0.717, 1.165) is 35.6 Å². The molecule has 0 saturated carbocycles. The molecule has 0 aliphatic heterocycles. The van der Waals surface area contributed by atoms with Gasteiger partial charge in [0.05, 0.1) is 11.9 Å². The van der Waals surface area contributed by atoms with Crippen LogP contribution >= 0.6 is 0 Å². The smallest absolute Gasteiger partial charge is 0.123 e. The van der Waals surface area contributed by atoms with Crippen LogP contribution in [0.1, 0.15) is 18.2 Å². The number of aromatic amines is 1. The van der Waals surface area contributed by atoms with Crippen LogP contribution in [0.15, 0.2) is 42.7 Å². The highest BCUT2D eigenvalue weighted by atomic mass is 19.1. The second kappa shape index (κ2) is 6.53. The molecular formula is C16H18FN5. The van der Waals surface area contributed by atoms with E-state index >= 15 is 0 Å². The third-order valence-corrected chi connectivity index (χ3v) is 3.43. The summed E-state index contributed by atoms with van der Waals surface area (Å²) in [5, 5.41) is 14.8. The van der Waals surface area contributed by atoms with Gasteiger partial charge in [-0.3, -0.25) is 9.78 Å². The molecule has 2 heterocycles. The Kier molecular flexibility index (Phi) is 4.29. The Bertz CT molecular complexity index is 729. The number of aromatic nitrogens is 4. The summed E-state index contributed by atoms with van der Waals surface area (Å²) in [6, 6.07) is 8.29. The lowest BCUT2D eigenvalue weighted by Crippen LogP contribution is -2.12. The highest BCUT2D eigenvalue weighted by molar-refractivity contribution is 5.58. The van der Waals surface area contributed by atoms with Crippen LogP contribution in [0.2, 0.25) is 0 Å². The first kappa shape index (κ1) is 14.5. The van der Waals surface area contributed by atoms with Gasteiger partial charge in [-0.2, -0.15) is 10.2 Å². The molecule has 2 aromatic heterocycles. The first-order chi connectivity index (χ1) is 10.7. The van der Waals surface area contributed by atoms with Crippen molar-refractivity contribution >= 4 is 0 Å². The summed E-state index contributed by atoms with van der Waals surface area (Å²) >= 11 is 0. The molecule has 3 rings (SSSR count). The summed E-state index contributed by atoms with van der Waals surface area (Å²) in [7, 11) is 0. The van der Waals surface area contributed by atoms with Crippen molar-refractivity contribution in [1.82, 2.24) is 25.3 Å². The molecule has 1 aromatic carbocycles. The van der Waals surface area contributed by atoms with Crippen LogP contribution in [0.3, 0.4) is 0 Å². The maximum Gasteiger partial charge on any atom is 0.123 e. The van der Waals surface area contributed by atoms with Crippen LogP contribution in [-0.2, 0) is 19.6 Å². The normalized spacial score (nSPS) is 11.0. The molecule has 2 N–H and O–H groups in total. The van der Waals surface area contributed by atoms with E-state index in [1.165, 1.54) is 12.1 Å². The standard InChI is InChI=1S/C16H18FN5/c1-2-22-11-12(9-19-22)8-18-10-15-7-16(21-20-15)13-3-5-14(17)6-4-13/h3-7,9,11,18H,2,8,10H2,1H3,(H,20,21). The molecule has 114 valence electrons. The molecule has 0 atom stereocenters. The van der Waals surface area contributed by atoms with Gasteiger partial charge in [0.15, 0.2) is 0 Å². The van der Waals surface area contributed by atoms with Gasteiger partial charge in [0, 0.05) is 42.7 Å². The lowest BCUT2D eigenvalue weighted by molar-refractivity contribution is 0.628. The molecule has 0 radical (unpaired) electrons. The monoisotopic (exact) mass is 299 g/mol. The summed E-state index contributed by atoms with van der Waals surface area (Å²) < 4.78 is 14.8. The van der Waals surface area contributed by atoms with E-state index in [0.29, 0.717) is 6.54 Å². The number of rotatable bonds is 6. The molecule has 0 aliphatic carbocycles. The number of H-pyrrole nitrogens is 1. The minimum Gasteiger partial charge on any atom is -0.307 e. The van der Waals surface area contributed by atoms with Gasteiger partial charge >= 0.3 is 0 Å². The SMILES string of the molecule is CCn1cc(CNCc2cc(-c3ccc(F)cc3)n[nH]2)cn1. The molecular weight excluding hydrogens is 281 g/mol. The van der Waals surface area contributed by atoms with Crippen LogP contribution in [-0.4, -0.2) is 20.0 Å². The van der Waals surface area contributed by atoms with Gasteiger partial charge in [-0.1, -0.05) is 0 Å². The zero-order chi connectivity index (χ0) is 15.4. The van der Waals surface area contributed by atoms with Crippen molar-refractivity contribution in [1.29, 1.82) is 0 Å². The molecule has 3 aromatic rings. The van der Waals surface area contributed by atoms with E-state index in [1.807, 2.05) is 23.1 Å². The average molecular weight is 299 g/mol. The molecule has 0 bridgehead atoms. The molecule has 0 saturated heterocycles. The number of nitrogens with one attached hydrogen (secondary N) is 2. The first-order valence-electron chi connectivity index (χ1n) is 7.27. The van der Waals surface area contributed by atoms with Crippen LogP contribution in [0.4, 0.5) is 4.39 Å². The summed E-state index contributed by atoms with van der Waals surface area (Å²) in [6.07, 6.45) is 3.90. The summed E-state index contributed by atoms with van der Waals surface area (Å²) in [6.45, 7) is 4.38. The van der Waals surface area contributed by atoms with Crippen LogP contribution in [0.25, 0.3) is 11.3 Å². The summed E-state index contributed by atoms with van der Waals surface area (Å²) in [4.78, 5) is 0. The second-order valence-corrected chi connectivity index (χ2v) is 5.09. The van der Waals surface area contributed by atoms with Gasteiger partial charge in [-0.05, 0) is 37.3 Å². The number of nitrogens with zero attached hydrogens (tertiary/aromatic N) is 3. The average Bonchev–Trinajstić information content (AvgIpc) is 3.17. The van der Waals surface area contributed by atoms with Crippen molar-refractivity contribution in [3.63, 3.8) is 0 Å². The second-order valence-electron chi connectivity index (χ2n) is 5.09. The maximum absolute atomic E-state index is 12.9. The molecule has 6 heteroatoms. The Morgan fingerprint density at radius 2 is 2.05 bits per heavy atom. The Morgan fingerprint density at radius 3 is 2.77 bits per heavy atom. The van der Waals surface area contributed by atoms with Gasteiger partial charge in [0.1, 0.15) is 5.82 Å². The van der Waals surface area contributed by atoms with Gasteiger partial charge in [0.2, 0.25) is 0 Å². The zero-order valence-electron chi connectivity index (χ0n) is 12.4. The van der Waals surface area contributed by atoms with E-state index in [2.05, 4.69) is 27.5 Å². The van der Waals surface area contributed by atoms with Gasteiger partial charge in [-0.25, -0.2) is 4.39 Å². The molecule has 0 spiro atoms. The Morgan fingerprint density at radius 1 is 1.23 bits per heavy atom.